The molecular formula is C17H14F3N3O3S. The number of nitrogens with zero attached hydrogens (tertiary/aromatic N) is 3. The number of rotatable bonds is 4. The molecule has 142 valence electrons. The molecule has 6 nitrogen and oxygen atoms in total. The van der Waals surface area contributed by atoms with Crippen LogP contribution in [-0.4, -0.2) is 35.2 Å². The summed E-state index contributed by atoms with van der Waals surface area (Å²) in [5, 5.41) is 3.63. The van der Waals surface area contributed by atoms with Crippen molar-refractivity contribution in [3.8, 4) is 28.5 Å². The SMILES string of the molecule is COc1ccc(-c2nc(-c3ccc(C)cc3)nn2S(=O)(=O)C(F)(F)F)cc1. The van der Waals surface area contributed by atoms with Crippen molar-refractivity contribution in [3.63, 3.8) is 0 Å². The standard InChI is InChI=1S/C17H14F3N3O3S/c1-11-3-5-12(6-4-11)15-21-16(13-7-9-14(26-2)10-8-13)23(22-15)27(24,25)17(18,19)20/h3-10H,1-2H3. The summed E-state index contributed by atoms with van der Waals surface area (Å²) >= 11 is 0. The first-order valence-electron chi connectivity index (χ1n) is 7.64. The molecule has 27 heavy (non-hydrogen) atoms. The maximum atomic E-state index is 13.1. The molecule has 0 aliphatic heterocycles. The molecule has 0 aliphatic rings. The van der Waals surface area contributed by atoms with Gasteiger partial charge in [-0.05, 0) is 31.2 Å². The van der Waals surface area contributed by atoms with E-state index >= 15 is 0 Å². The van der Waals surface area contributed by atoms with E-state index in [4.69, 9.17) is 4.74 Å². The summed E-state index contributed by atoms with van der Waals surface area (Å²) in [5.41, 5.74) is -4.05. The Morgan fingerprint density at radius 3 is 2.04 bits per heavy atom. The molecule has 2 aromatic carbocycles. The number of aromatic nitrogens is 3. The quantitative estimate of drug-likeness (QED) is 0.672. The molecule has 0 saturated carbocycles. The lowest BCUT2D eigenvalue weighted by atomic mass is 10.1. The summed E-state index contributed by atoms with van der Waals surface area (Å²) in [6, 6.07) is 12.4. The third kappa shape index (κ3) is 3.52. The summed E-state index contributed by atoms with van der Waals surface area (Å²) in [6.45, 7) is 1.84. The van der Waals surface area contributed by atoms with Crippen LogP contribution in [-0.2, 0) is 10.0 Å². The zero-order valence-electron chi connectivity index (χ0n) is 14.2. The van der Waals surface area contributed by atoms with Crippen LogP contribution in [0.1, 0.15) is 5.56 Å². The van der Waals surface area contributed by atoms with Crippen molar-refractivity contribution >= 4 is 10.0 Å². The Morgan fingerprint density at radius 1 is 0.963 bits per heavy atom. The van der Waals surface area contributed by atoms with Gasteiger partial charge in [0.15, 0.2) is 11.6 Å². The van der Waals surface area contributed by atoms with E-state index in [-0.39, 0.29) is 15.5 Å². The van der Waals surface area contributed by atoms with Crippen LogP contribution < -0.4 is 4.74 Å². The summed E-state index contributed by atoms with van der Waals surface area (Å²) in [7, 11) is -4.32. The number of methoxy groups -OCH3 is 1. The van der Waals surface area contributed by atoms with E-state index in [1.165, 1.54) is 31.4 Å². The summed E-state index contributed by atoms with van der Waals surface area (Å²) in [4.78, 5) is 4.05. The zero-order chi connectivity index (χ0) is 19.8. The fourth-order valence-electron chi connectivity index (χ4n) is 2.30. The van der Waals surface area contributed by atoms with Crippen molar-refractivity contribution in [3.05, 3.63) is 54.1 Å². The maximum absolute atomic E-state index is 13.1. The smallest absolute Gasteiger partial charge is 0.497 e. The van der Waals surface area contributed by atoms with Gasteiger partial charge in [-0.3, -0.25) is 0 Å². The third-order valence-electron chi connectivity index (χ3n) is 3.76. The number of aryl methyl sites for hydroxylation is 1. The molecule has 3 aromatic rings. The van der Waals surface area contributed by atoms with Crippen LogP contribution in [0.5, 0.6) is 5.75 Å². The van der Waals surface area contributed by atoms with Crippen molar-refractivity contribution in [1.29, 1.82) is 0 Å². The van der Waals surface area contributed by atoms with Gasteiger partial charge in [-0.2, -0.15) is 21.6 Å². The summed E-state index contributed by atoms with van der Waals surface area (Å²) in [6.07, 6.45) is 0. The average Bonchev–Trinajstić information content (AvgIpc) is 3.07. The highest BCUT2D eigenvalue weighted by Crippen LogP contribution is 2.31. The number of benzene rings is 2. The first-order chi connectivity index (χ1) is 12.6. The molecule has 0 fully saturated rings. The molecule has 0 spiro atoms. The van der Waals surface area contributed by atoms with Gasteiger partial charge in [0.05, 0.1) is 7.11 Å². The molecular weight excluding hydrogens is 383 g/mol. The van der Waals surface area contributed by atoms with Gasteiger partial charge in [-0.15, -0.1) is 9.19 Å². The minimum absolute atomic E-state index is 0.0794. The van der Waals surface area contributed by atoms with Crippen LogP contribution >= 0.6 is 0 Å². The summed E-state index contributed by atoms with van der Waals surface area (Å²) < 4.78 is 68.2. The monoisotopic (exact) mass is 397 g/mol. The minimum atomic E-state index is -5.75. The van der Waals surface area contributed by atoms with Gasteiger partial charge in [0, 0.05) is 11.1 Å². The van der Waals surface area contributed by atoms with Crippen molar-refractivity contribution in [2.24, 2.45) is 0 Å². The lowest BCUT2D eigenvalue weighted by Gasteiger charge is -2.10. The Labute approximate surface area is 153 Å². The zero-order valence-corrected chi connectivity index (χ0v) is 15.0. The number of halogens is 3. The second-order valence-corrected chi connectivity index (χ2v) is 7.41. The maximum Gasteiger partial charge on any atom is 0.518 e. The van der Waals surface area contributed by atoms with Crippen molar-refractivity contribution in [2.75, 3.05) is 7.11 Å². The number of hydrogen-bond acceptors (Lipinski definition) is 5. The van der Waals surface area contributed by atoms with Crippen molar-refractivity contribution in [2.45, 2.75) is 12.4 Å². The van der Waals surface area contributed by atoms with E-state index in [1.807, 2.05) is 6.92 Å². The topological polar surface area (TPSA) is 74.1 Å². The lowest BCUT2D eigenvalue weighted by Crippen LogP contribution is -2.31. The van der Waals surface area contributed by atoms with Crippen LogP contribution in [0.15, 0.2) is 48.5 Å². The van der Waals surface area contributed by atoms with Crippen molar-refractivity contribution in [1.82, 2.24) is 14.2 Å². The second-order valence-electron chi connectivity index (χ2n) is 5.65. The molecule has 0 unspecified atom stereocenters. The van der Waals surface area contributed by atoms with E-state index < -0.39 is 21.4 Å². The van der Waals surface area contributed by atoms with E-state index in [9.17, 15) is 21.6 Å². The van der Waals surface area contributed by atoms with Crippen LogP contribution in [0, 0.1) is 6.92 Å². The van der Waals surface area contributed by atoms with Gasteiger partial charge in [0.25, 0.3) is 0 Å². The number of alkyl halides is 3. The molecule has 1 heterocycles. The van der Waals surface area contributed by atoms with Gasteiger partial charge in [0.1, 0.15) is 5.75 Å². The van der Waals surface area contributed by atoms with Crippen LogP contribution in [0.25, 0.3) is 22.8 Å². The van der Waals surface area contributed by atoms with Crippen LogP contribution in [0.2, 0.25) is 0 Å². The highest BCUT2D eigenvalue weighted by atomic mass is 32.2. The second kappa shape index (κ2) is 6.69. The Kier molecular flexibility index (Phi) is 4.68. The minimum Gasteiger partial charge on any atom is -0.497 e. The molecule has 0 atom stereocenters. The molecule has 0 saturated heterocycles. The van der Waals surface area contributed by atoms with Gasteiger partial charge < -0.3 is 4.74 Å². The largest absolute Gasteiger partial charge is 0.518 e. The Bertz CT molecular complexity index is 1060. The third-order valence-corrected chi connectivity index (χ3v) is 5.05. The van der Waals surface area contributed by atoms with Crippen molar-refractivity contribution < 1.29 is 26.3 Å². The predicted octanol–water partition coefficient (Wildman–Crippen LogP) is 3.63. The molecule has 0 bridgehead atoms. The summed E-state index contributed by atoms with van der Waals surface area (Å²) in [5.74, 6) is -0.110. The van der Waals surface area contributed by atoms with Gasteiger partial charge in [-0.25, -0.2) is 4.98 Å². The predicted molar refractivity (Wildman–Crippen MR) is 92.6 cm³/mol. The molecule has 0 radical (unpaired) electrons. The number of hydrogen-bond donors (Lipinski definition) is 0. The van der Waals surface area contributed by atoms with E-state index in [1.54, 1.807) is 24.3 Å². The van der Waals surface area contributed by atoms with E-state index in [0.29, 0.717) is 11.3 Å². The molecule has 0 amide bonds. The molecule has 10 heteroatoms. The van der Waals surface area contributed by atoms with Gasteiger partial charge in [0.2, 0.25) is 0 Å². The number of ether oxygens (including phenoxy) is 1. The van der Waals surface area contributed by atoms with Gasteiger partial charge in [-0.1, -0.05) is 29.8 Å². The Morgan fingerprint density at radius 2 is 1.52 bits per heavy atom. The first-order valence-corrected chi connectivity index (χ1v) is 9.08. The fourth-order valence-corrected chi connectivity index (χ4v) is 3.06. The Hall–Kier alpha value is -2.88. The van der Waals surface area contributed by atoms with Crippen LogP contribution in [0.3, 0.4) is 0 Å². The first kappa shape index (κ1) is 18.9. The highest BCUT2D eigenvalue weighted by Gasteiger charge is 2.49. The molecule has 0 N–H and O–H groups in total. The molecule has 0 aliphatic carbocycles. The average molecular weight is 397 g/mol. The lowest BCUT2D eigenvalue weighted by molar-refractivity contribution is -0.0449. The van der Waals surface area contributed by atoms with E-state index in [2.05, 4.69) is 10.1 Å². The molecule has 3 rings (SSSR count). The highest BCUT2D eigenvalue weighted by molar-refractivity contribution is 7.90. The normalized spacial score (nSPS) is 12.2. The Balaban J connectivity index is 2.22. The molecule has 1 aromatic heterocycles. The van der Waals surface area contributed by atoms with Gasteiger partial charge >= 0.3 is 15.5 Å². The van der Waals surface area contributed by atoms with Crippen LogP contribution in [0.4, 0.5) is 13.2 Å². The fraction of sp³-hybridized carbons (Fsp3) is 0.176. The van der Waals surface area contributed by atoms with E-state index in [0.717, 1.165) is 5.56 Å².